The van der Waals surface area contributed by atoms with E-state index in [1.54, 1.807) is 32.0 Å². The summed E-state index contributed by atoms with van der Waals surface area (Å²) >= 11 is 0.919. The van der Waals surface area contributed by atoms with Crippen molar-refractivity contribution in [3.05, 3.63) is 40.2 Å². The molecule has 1 aromatic heterocycles. The van der Waals surface area contributed by atoms with Crippen LogP contribution in [0.1, 0.15) is 45.6 Å². The molecule has 0 bridgehead atoms. The molecule has 1 heterocycles. The number of hydrogen-bond donors (Lipinski definition) is 12. The van der Waals surface area contributed by atoms with Crippen LogP contribution in [-0.2, 0) is 54.4 Å². The molecule has 9 amide bonds. The lowest BCUT2D eigenvalue weighted by Gasteiger charge is -2.23. The van der Waals surface area contributed by atoms with Gasteiger partial charge in [0.05, 0.1) is 39.2 Å². The van der Waals surface area contributed by atoms with Crippen LogP contribution >= 0.6 is 11.8 Å². The van der Waals surface area contributed by atoms with Gasteiger partial charge in [0, 0.05) is 41.9 Å². The molecule has 0 radical (unpaired) electrons. The Morgan fingerprint density at radius 2 is 1.40 bits per heavy atom. The van der Waals surface area contributed by atoms with Crippen molar-refractivity contribution in [2.45, 2.75) is 70.6 Å². The molecule has 15 N–H and O–H groups in total. The van der Waals surface area contributed by atoms with Gasteiger partial charge in [0.2, 0.25) is 58.3 Å². The van der Waals surface area contributed by atoms with Crippen LogP contribution in [0, 0.1) is 5.92 Å². The van der Waals surface area contributed by atoms with E-state index in [1.807, 2.05) is 0 Å². The molecule has 0 spiro atoms. The Morgan fingerprint density at radius 3 is 2.03 bits per heavy atom. The number of primary amides is 2. The molecule has 63 heavy (non-hydrogen) atoms. The number of fused-ring (bicyclic) bond motifs is 1. The Hall–Kier alpha value is -6.60. The maximum absolute atomic E-state index is 13.0. The fraction of sp³-hybridized carbons (Fsp3) is 0.500. The van der Waals surface area contributed by atoms with Gasteiger partial charge in [-0.1, -0.05) is 25.6 Å². The van der Waals surface area contributed by atoms with E-state index in [1.165, 1.54) is 13.0 Å². The van der Waals surface area contributed by atoms with E-state index in [0.717, 1.165) is 11.8 Å². The second-order valence-electron chi connectivity index (χ2n) is 14.4. The number of anilines is 1. The van der Waals surface area contributed by atoms with Crippen LogP contribution in [0.25, 0.3) is 11.0 Å². The molecule has 0 unspecified atom stereocenters. The highest BCUT2D eigenvalue weighted by atomic mass is 32.2. The summed E-state index contributed by atoms with van der Waals surface area (Å²) in [6, 6.07) is 0.792. The molecule has 0 saturated heterocycles. The highest BCUT2D eigenvalue weighted by Crippen LogP contribution is 2.22. The van der Waals surface area contributed by atoms with Crippen molar-refractivity contribution in [2.75, 3.05) is 50.4 Å². The normalized spacial score (nSPS) is 12.7. The van der Waals surface area contributed by atoms with E-state index in [0.29, 0.717) is 16.6 Å². The van der Waals surface area contributed by atoms with Crippen molar-refractivity contribution < 1.29 is 57.5 Å². The average molecular weight is 906 g/mol. The zero-order valence-corrected chi connectivity index (χ0v) is 35.8. The number of nitrogens with two attached hydrogens (primary N) is 3. The number of benzene rings is 1. The maximum Gasteiger partial charge on any atom is 0.336 e. The number of thioether (sulfide) groups is 1. The van der Waals surface area contributed by atoms with Crippen LogP contribution in [-0.4, -0.2) is 133 Å². The third-order valence-corrected chi connectivity index (χ3v) is 9.48. The second kappa shape index (κ2) is 26.7. The number of aliphatic hydroxyl groups excluding tert-OH is 1. The molecule has 0 fully saturated rings. The number of nitrogens with one attached hydrogen (secondary N) is 8. The molecule has 1 aromatic carbocycles. The van der Waals surface area contributed by atoms with Gasteiger partial charge in [-0.3, -0.25) is 47.9 Å². The van der Waals surface area contributed by atoms with Crippen LogP contribution in [0.4, 0.5) is 5.69 Å². The topological polar surface area (TPSA) is 395 Å². The predicted molar refractivity (Wildman–Crippen MR) is 228 cm³/mol. The summed E-state index contributed by atoms with van der Waals surface area (Å²) in [6.07, 6.45) is -0.666. The molecule has 2 rings (SSSR count). The summed E-state index contributed by atoms with van der Waals surface area (Å²) < 4.78 is 5.28. The van der Waals surface area contributed by atoms with Crippen molar-refractivity contribution >= 4 is 86.7 Å². The van der Waals surface area contributed by atoms with E-state index < -0.39 is 108 Å². The van der Waals surface area contributed by atoms with Gasteiger partial charge in [-0.05, 0) is 43.4 Å². The van der Waals surface area contributed by atoms with Crippen LogP contribution in [0.15, 0.2) is 33.5 Å². The number of aliphatic hydroxyl groups is 1. The molecule has 4 atom stereocenters. The minimum absolute atomic E-state index is 0.0915. The highest BCUT2D eigenvalue weighted by Gasteiger charge is 2.29. The lowest BCUT2D eigenvalue weighted by atomic mass is 10.0. The Bertz CT molecular complexity index is 2060. The van der Waals surface area contributed by atoms with Crippen molar-refractivity contribution in [1.82, 2.24) is 37.2 Å². The van der Waals surface area contributed by atoms with Crippen LogP contribution in [0.5, 0.6) is 0 Å². The lowest BCUT2D eigenvalue weighted by Crippen LogP contribution is -2.58. The van der Waals surface area contributed by atoms with Gasteiger partial charge >= 0.3 is 5.63 Å². The summed E-state index contributed by atoms with van der Waals surface area (Å²) in [7, 11) is 0. The third-order valence-electron chi connectivity index (χ3n) is 8.61. The fourth-order valence-electron chi connectivity index (χ4n) is 5.52. The predicted octanol–water partition coefficient (Wildman–Crippen LogP) is -4.94. The van der Waals surface area contributed by atoms with Crippen LogP contribution < -0.4 is 65.4 Å². The molecular formula is C38H55N11O13S. The molecule has 0 saturated carbocycles. The number of carbonyl (C=O) groups excluding carboxylic acids is 10. The third kappa shape index (κ3) is 19.8. The Balaban J connectivity index is 1.89. The van der Waals surface area contributed by atoms with Gasteiger partial charge < -0.3 is 69.3 Å². The Labute approximate surface area is 365 Å². The largest absolute Gasteiger partial charge is 0.423 e. The van der Waals surface area contributed by atoms with Crippen LogP contribution in [0.3, 0.4) is 0 Å². The van der Waals surface area contributed by atoms with E-state index in [9.17, 15) is 57.8 Å². The quantitative estimate of drug-likeness (QED) is 0.0295. The molecule has 25 heteroatoms. The van der Waals surface area contributed by atoms with Crippen LogP contribution in [0.2, 0.25) is 0 Å². The zero-order chi connectivity index (χ0) is 47.2. The minimum atomic E-state index is -1.62. The van der Waals surface area contributed by atoms with E-state index in [-0.39, 0.29) is 62.6 Å². The summed E-state index contributed by atoms with van der Waals surface area (Å²) in [4.78, 5) is 135. The summed E-state index contributed by atoms with van der Waals surface area (Å²) in [5.41, 5.74) is 15.9. The molecule has 346 valence electrons. The molecular weight excluding hydrogens is 851 g/mol. The Morgan fingerprint density at radius 1 is 0.730 bits per heavy atom. The molecule has 0 aliphatic rings. The van der Waals surface area contributed by atoms with Crippen molar-refractivity contribution in [3.63, 3.8) is 0 Å². The van der Waals surface area contributed by atoms with Crippen molar-refractivity contribution in [2.24, 2.45) is 23.1 Å². The first-order valence-corrected chi connectivity index (χ1v) is 20.6. The number of amides is 9. The summed E-state index contributed by atoms with van der Waals surface area (Å²) in [6.45, 7) is 2.45. The monoisotopic (exact) mass is 905 g/mol. The van der Waals surface area contributed by atoms with Gasteiger partial charge in [0.1, 0.15) is 29.8 Å². The minimum Gasteiger partial charge on any atom is -0.423 e. The standard InChI is InChI=1S/C38H55N11O13S/c1-19(2)10-25(47-32(55)16-44-37(60)26(18-50)49-38(61)24(6-7-28(40)51)48-35(58)20(3)46-31(54)14-39)36(59)45-17-34(57)63-9-8-42-22-4-5-23-21(11-30(53)43-15-29(41)52)12-33(56)62-27(23)13-22/h4-5,12-13,19-20,24-26,42,50H,6-11,14-18,39H2,1-3H3,(H2,40,51)(H2,41,52)(H,43,53)(H,44,60)(H,45,59)(H,46,54)(H,47,55)(H,48,58)(H,49,61)/t20-,24-,25-,26-/m0/s1. The molecule has 24 nitrogen and oxygen atoms in total. The van der Waals surface area contributed by atoms with Gasteiger partial charge in [-0.2, -0.15) is 0 Å². The first kappa shape index (κ1) is 52.5. The zero-order valence-electron chi connectivity index (χ0n) is 35.0. The fourth-order valence-corrected chi connectivity index (χ4v) is 6.13. The first-order chi connectivity index (χ1) is 29.7. The average Bonchev–Trinajstić information content (AvgIpc) is 3.22. The van der Waals surface area contributed by atoms with Gasteiger partial charge in [0.25, 0.3) is 0 Å². The number of hydrogen-bond acceptors (Lipinski definition) is 16. The van der Waals surface area contributed by atoms with Gasteiger partial charge in [-0.15, -0.1) is 0 Å². The highest BCUT2D eigenvalue weighted by molar-refractivity contribution is 8.13. The SMILES string of the molecule is CC(C)C[C@H](NC(=O)CNC(=O)[C@H](CO)NC(=O)[C@H](CCC(N)=O)NC(=O)[C@H](C)NC(=O)CN)C(=O)NCC(=O)SCCNc1ccc2c(CC(=O)NCC(N)=O)cc(=O)oc2c1. The summed E-state index contributed by atoms with van der Waals surface area (Å²) in [5.74, 6) is -6.78. The van der Waals surface area contributed by atoms with E-state index in [2.05, 4.69) is 42.5 Å². The van der Waals surface area contributed by atoms with E-state index in [4.69, 9.17) is 21.6 Å². The first-order valence-electron chi connectivity index (χ1n) is 19.6. The second-order valence-corrected chi connectivity index (χ2v) is 15.5. The molecule has 2 aromatic rings. The van der Waals surface area contributed by atoms with Gasteiger partial charge in [0.15, 0.2) is 0 Å². The Kier molecular flexibility index (Phi) is 22.2. The van der Waals surface area contributed by atoms with E-state index >= 15 is 0 Å². The smallest absolute Gasteiger partial charge is 0.336 e. The van der Waals surface area contributed by atoms with Gasteiger partial charge in [-0.25, -0.2) is 4.79 Å². The van der Waals surface area contributed by atoms with Crippen molar-refractivity contribution in [3.8, 4) is 0 Å². The molecule has 0 aliphatic carbocycles. The van der Waals surface area contributed by atoms with Crippen molar-refractivity contribution in [1.29, 1.82) is 0 Å². The summed E-state index contributed by atoms with van der Waals surface area (Å²) in [5, 5.41) is 29.5. The maximum atomic E-state index is 13.0. The number of carbonyl (C=O) groups is 10. The molecule has 0 aliphatic heterocycles. The number of rotatable bonds is 27. The lowest BCUT2D eigenvalue weighted by molar-refractivity contribution is -0.134.